The van der Waals surface area contributed by atoms with Crippen molar-refractivity contribution < 1.29 is 19.0 Å². The molecule has 202 valence electrons. The van der Waals surface area contributed by atoms with Crippen molar-refractivity contribution in [3.63, 3.8) is 0 Å². The molecule has 2 aliphatic heterocycles. The molecule has 0 saturated carbocycles. The Hall–Kier alpha value is -4.42. The molecule has 0 fully saturated rings. The van der Waals surface area contributed by atoms with E-state index in [-0.39, 0.29) is 5.54 Å². The van der Waals surface area contributed by atoms with Crippen LogP contribution in [0.15, 0.2) is 84.9 Å². The summed E-state index contributed by atoms with van der Waals surface area (Å²) in [7, 11) is 3.32. The number of benzene rings is 4. The fourth-order valence-electron chi connectivity index (χ4n) is 5.52. The molecule has 0 atom stereocenters. The summed E-state index contributed by atoms with van der Waals surface area (Å²) in [6, 6.07) is 24.5. The van der Waals surface area contributed by atoms with Gasteiger partial charge in [0.1, 0.15) is 17.2 Å². The van der Waals surface area contributed by atoms with Gasteiger partial charge in [-0.05, 0) is 79.6 Å². The molecule has 0 unspecified atom stereocenters. The second kappa shape index (κ2) is 9.96. The number of carbonyl (C=O) groups is 1. The van der Waals surface area contributed by atoms with Gasteiger partial charge in [-0.15, -0.1) is 0 Å². The van der Waals surface area contributed by atoms with E-state index >= 15 is 0 Å². The highest BCUT2D eigenvalue weighted by molar-refractivity contribution is 6.30. The summed E-state index contributed by atoms with van der Waals surface area (Å²) in [5.74, 6) is 1.33. The summed E-state index contributed by atoms with van der Waals surface area (Å²) in [5, 5.41) is 4.15. The number of para-hydroxylation sites is 2. The van der Waals surface area contributed by atoms with Gasteiger partial charge in [0.2, 0.25) is 0 Å². The number of methoxy groups -OCH3 is 2. The molecule has 0 bridgehead atoms. The molecule has 6 rings (SSSR count). The quantitative estimate of drug-likeness (QED) is 0.194. The Morgan fingerprint density at radius 1 is 0.900 bits per heavy atom. The van der Waals surface area contributed by atoms with E-state index in [1.165, 1.54) is 11.1 Å². The van der Waals surface area contributed by atoms with Gasteiger partial charge in [0, 0.05) is 40.1 Å². The predicted octanol–water partition coefficient (Wildman–Crippen LogP) is 7.81. The van der Waals surface area contributed by atoms with Crippen LogP contribution < -0.4 is 24.4 Å². The van der Waals surface area contributed by atoms with Gasteiger partial charge in [-0.25, -0.2) is 4.79 Å². The summed E-state index contributed by atoms with van der Waals surface area (Å²) >= 11 is 6.05. The first kappa shape index (κ1) is 25.8. The molecule has 4 aromatic carbocycles. The van der Waals surface area contributed by atoms with Gasteiger partial charge in [-0.1, -0.05) is 35.9 Å². The fraction of sp³-hybridized carbons (Fsp3) is 0.182. The third-order valence-electron chi connectivity index (χ3n) is 7.24. The lowest BCUT2D eigenvalue weighted by Gasteiger charge is -2.33. The van der Waals surface area contributed by atoms with Crippen LogP contribution in [0.3, 0.4) is 0 Å². The first-order chi connectivity index (χ1) is 19.3. The van der Waals surface area contributed by atoms with Crippen LogP contribution in [0.2, 0.25) is 5.02 Å². The Labute approximate surface area is 238 Å². The number of esters is 1. The van der Waals surface area contributed by atoms with E-state index in [4.69, 9.17) is 25.8 Å². The van der Waals surface area contributed by atoms with Crippen LogP contribution >= 0.6 is 11.6 Å². The van der Waals surface area contributed by atoms with E-state index in [2.05, 4.69) is 48.3 Å². The third kappa shape index (κ3) is 4.54. The average molecular weight is 553 g/mol. The Morgan fingerprint density at radius 3 is 2.45 bits per heavy atom. The van der Waals surface area contributed by atoms with Crippen LogP contribution in [0.1, 0.15) is 35.3 Å². The van der Waals surface area contributed by atoms with E-state index in [9.17, 15) is 4.79 Å². The minimum Gasteiger partial charge on any atom is -0.496 e. The maximum atomic E-state index is 12.7. The number of hydrogen-bond donors (Lipinski definition) is 1. The van der Waals surface area contributed by atoms with Crippen LogP contribution in [0.5, 0.6) is 17.2 Å². The van der Waals surface area contributed by atoms with Crippen LogP contribution in [0.25, 0.3) is 16.8 Å². The molecule has 7 heteroatoms. The van der Waals surface area contributed by atoms with Gasteiger partial charge >= 0.3 is 5.97 Å². The second-order valence-electron chi connectivity index (χ2n) is 10.4. The van der Waals surface area contributed by atoms with Crippen molar-refractivity contribution in [1.29, 1.82) is 0 Å². The van der Waals surface area contributed by atoms with Gasteiger partial charge in [0.05, 0.1) is 31.0 Å². The largest absolute Gasteiger partial charge is 0.496 e. The number of nitrogens with one attached hydrogen (secondary N) is 1. The van der Waals surface area contributed by atoms with Crippen molar-refractivity contribution in [2.75, 3.05) is 24.4 Å². The van der Waals surface area contributed by atoms with E-state index in [1.807, 2.05) is 24.3 Å². The zero-order valence-corrected chi connectivity index (χ0v) is 23.5. The zero-order chi connectivity index (χ0) is 28.0. The maximum absolute atomic E-state index is 12.7. The minimum absolute atomic E-state index is 0.224. The van der Waals surface area contributed by atoms with Crippen LogP contribution in [0.4, 0.5) is 11.4 Å². The third-order valence-corrected chi connectivity index (χ3v) is 7.48. The zero-order valence-electron chi connectivity index (χ0n) is 22.7. The lowest BCUT2D eigenvalue weighted by Crippen LogP contribution is -2.33. The molecule has 0 aliphatic carbocycles. The molecular formula is C33H29ClN2O4. The predicted molar refractivity (Wildman–Crippen MR) is 160 cm³/mol. The van der Waals surface area contributed by atoms with Gasteiger partial charge in [-0.3, -0.25) is 0 Å². The summed E-state index contributed by atoms with van der Waals surface area (Å²) in [4.78, 5) is 15.0. The summed E-state index contributed by atoms with van der Waals surface area (Å²) in [6.07, 6.45) is 2.28. The van der Waals surface area contributed by atoms with Crippen LogP contribution in [-0.2, 0) is 6.54 Å². The number of rotatable bonds is 6. The standard InChI is InChI=1S/C33H29ClN2O4/c1-33(2)18-28-31-25(19-36(28)27-10-5-6-11-29(27)38-3)23(14-15-26(31)35-33)24-13-12-22(17-30(24)39-4)40-32(37)20-8-7-9-21(34)16-20/h5-18,35H,19H2,1-4H3. The number of nitrogens with zero attached hydrogens (tertiary/aromatic N) is 1. The summed E-state index contributed by atoms with van der Waals surface area (Å²) in [6.45, 7) is 5.00. The Bertz CT molecular complexity index is 1680. The normalized spacial score (nSPS) is 14.6. The van der Waals surface area contributed by atoms with Crippen molar-refractivity contribution in [1.82, 2.24) is 0 Å². The molecule has 40 heavy (non-hydrogen) atoms. The smallest absolute Gasteiger partial charge is 0.343 e. The Balaban J connectivity index is 1.41. The molecule has 0 spiro atoms. The Morgan fingerprint density at radius 2 is 1.68 bits per heavy atom. The SMILES string of the molecule is COc1cc(OC(=O)c2cccc(Cl)c2)ccc1-c1ccc2c3c1CN(c1ccccc1OC)C3=CC(C)(C)N2. The van der Waals surface area contributed by atoms with E-state index in [0.29, 0.717) is 28.6 Å². The van der Waals surface area contributed by atoms with E-state index in [1.54, 1.807) is 50.6 Å². The number of anilines is 2. The number of hydrogen-bond acceptors (Lipinski definition) is 6. The van der Waals surface area contributed by atoms with Crippen molar-refractivity contribution >= 4 is 34.6 Å². The van der Waals surface area contributed by atoms with Crippen molar-refractivity contribution in [2.24, 2.45) is 0 Å². The highest BCUT2D eigenvalue weighted by Crippen LogP contribution is 2.51. The topological polar surface area (TPSA) is 60.0 Å². The number of carbonyl (C=O) groups excluding carboxylic acids is 1. The number of halogens is 1. The first-order valence-electron chi connectivity index (χ1n) is 13.0. The molecule has 0 saturated heterocycles. The lowest BCUT2D eigenvalue weighted by atomic mass is 9.89. The molecule has 0 aromatic heterocycles. The molecule has 1 N–H and O–H groups in total. The lowest BCUT2D eigenvalue weighted by molar-refractivity contribution is 0.0734. The monoisotopic (exact) mass is 552 g/mol. The molecule has 2 heterocycles. The van der Waals surface area contributed by atoms with Crippen molar-refractivity contribution in [2.45, 2.75) is 25.9 Å². The van der Waals surface area contributed by atoms with Crippen LogP contribution in [-0.4, -0.2) is 25.7 Å². The van der Waals surface area contributed by atoms with Gasteiger partial charge in [-0.2, -0.15) is 0 Å². The molecule has 6 nitrogen and oxygen atoms in total. The average Bonchev–Trinajstić information content (AvgIpc) is 3.32. The van der Waals surface area contributed by atoms with Gasteiger partial charge in [0.15, 0.2) is 0 Å². The highest BCUT2D eigenvalue weighted by Gasteiger charge is 2.37. The summed E-state index contributed by atoms with van der Waals surface area (Å²) < 4.78 is 17.2. The highest BCUT2D eigenvalue weighted by atomic mass is 35.5. The number of ether oxygens (including phenoxy) is 3. The van der Waals surface area contributed by atoms with Gasteiger partial charge < -0.3 is 24.4 Å². The molecular weight excluding hydrogens is 524 g/mol. The summed E-state index contributed by atoms with van der Waals surface area (Å²) in [5.41, 5.74) is 7.71. The molecule has 4 aromatic rings. The molecule has 2 aliphatic rings. The molecule has 0 radical (unpaired) electrons. The van der Waals surface area contributed by atoms with E-state index < -0.39 is 5.97 Å². The molecule has 0 amide bonds. The Kier molecular flexibility index (Phi) is 6.43. The fourth-order valence-corrected chi connectivity index (χ4v) is 5.71. The maximum Gasteiger partial charge on any atom is 0.343 e. The first-order valence-corrected chi connectivity index (χ1v) is 13.4. The van der Waals surface area contributed by atoms with Crippen molar-refractivity contribution in [3.8, 4) is 28.4 Å². The van der Waals surface area contributed by atoms with Gasteiger partial charge in [0.25, 0.3) is 0 Å². The minimum atomic E-state index is -0.486. The second-order valence-corrected chi connectivity index (χ2v) is 10.8. The van der Waals surface area contributed by atoms with Crippen molar-refractivity contribution in [3.05, 3.63) is 107 Å². The van der Waals surface area contributed by atoms with E-state index in [0.717, 1.165) is 33.9 Å². The van der Waals surface area contributed by atoms with Crippen LogP contribution in [0, 0.1) is 0 Å².